The molecule has 2 aromatic rings. The van der Waals surface area contributed by atoms with Crippen LogP contribution in [-0.4, -0.2) is 18.5 Å². The number of amides is 1. The van der Waals surface area contributed by atoms with Gasteiger partial charge in [-0.3, -0.25) is 4.79 Å². The maximum atomic E-state index is 12.0. The molecule has 1 N–H and O–H groups in total. The Morgan fingerprint density at radius 2 is 2.15 bits per heavy atom. The highest BCUT2D eigenvalue weighted by Gasteiger charge is 2.22. The van der Waals surface area contributed by atoms with Gasteiger partial charge in [-0.2, -0.15) is 0 Å². The van der Waals surface area contributed by atoms with E-state index < -0.39 is 5.97 Å². The minimum Gasteiger partial charge on any atom is -0.462 e. The second-order valence-corrected chi connectivity index (χ2v) is 5.36. The Hall–Kier alpha value is -2.08. The van der Waals surface area contributed by atoms with Crippen molar-refractivity contribution in [3.63, 3.8) is 0 Å². The van der Waals surface area contributed by atoms with Gasteiger partial charge in [-0.05, 0) is 38.5 Å². The highest BCUT2D eigenvalue weighted by Crippen LogP contribution is 2.33. The van der Waals surface area contributed by atoms with Crippen LogP contribution in [0.5, 0.6) is 0 Å². The zero-order chi connectivity index (χ0) is 14.7. The van der Waals surface area contributed by atoms with Gasteiger partial charge >= 0.3 is 5.97 Å². The van der Waals surface area contributed by atoms with Crippen molar-refractivity contribution in [2.24, 2.45) is 0 Å². The number of hydrogen-bond acceptors (Lipinski definition) is 5. The summed E-state index contributed by atoms with van der Waals surface area (Å²) in [6, 6.07) is 3.19. The van der Waals surface area contributed by atoms with Crippen LogP contribution >= 0.6 is 11.3 Å². The van der Waals surface area contributed by atoms with Crippen molar-refractivity contribution >= 4 is 28.2 Å². The highest BCUT2D eigenvalue weighted by atomic mass is 32.1. The Morgan fingerprint density at radius 3 is 2.75 bits per heavy atom. The molecule has 5 nitrogen and oxygen atoms in total. The third kappa shape index (κ3) is 2.75. The third-order valence-corrected chi connectivity index (χ3v) is 3.96. The molecule has 6 heteroatoms. The number of rotatable bonds is 4. The molecule has 0 fully saturated rings. The van der Waals surface area contributed by atoms with E-state index in [0.29, 0.717) is 17.2 Å². The quantitative estimate of drug-likeness (QED) is 0.877. The first-order chi connectivity index (χ1) is 9.54. The van der Waals surface area contributed by atoms with E-state index in [1.807, 2.05) is 13.8 Å². The van der Waals surface area contributed by atoms with Crippen LogP contribution in [0.15, 0.2) is 22.8 Å². The lowest BCUT2D eigenvalue weighted by Crippen LogP contribution is -2.14. The van der Waals surface area contributed by atoms with E-state index in [4.69, 9.17) is 9.15 Å². The summed E-state index contributed by atoms with van der Waals surface area (Å²) in [5.41, 5.74) is 1.23. The van der Waals surface area contributed by atoms with Crippen molar-refractivity contribution in [1.29, 1.82) is 0 Å². The fourth-order valence-electron chi connectivity index (χ4n) is 1.74. The lowest BCUT2D eigenvalue weighted by atomic mass is 10.1. The molecule has 20 heavy (non-hydrogen) atoms. The van der Waals surface area contributed by atoms with Crippen LogP contribution in [0.4, 0.5) is 5.00 Å². The summed E-state index contributed by atoms with van der Waals surface area (Å²) in [5, 5.41) is 3.18. The van der Waals surface area contributed by atoms with Crippen LogP contribution in [0.25, 0.3) is 0 Å². The van der Waals surface area contributed by atoms with E-state index in [1.54, 1.807) is 19.1 Å². The molecule has 0 bridgehead atoms. The molecule has 2 heterocycles. The van der Waals surface area contributed by atoms with Gasteiger partial charge in [0.05, 0.1) is 18.4 Å². The predicted molar refractivity (Wildman–Crippen MR) is 76.4 cm³/mol. The lowest BCUT2D eigenvalue weighted by Gasteiger charge is -2.05. The molecule has 0 radical (unpaired) electrons. The number of ether oxygens (including phenoxy) is 1. The predicted octanol–water partition coefficient (Wildman–Crippen LogP) is 3.39. The molecule has 0 spiro atoms. The molecule has 1 amide bonds. The molecule has 0 atom stereocenters. The van der Waals surface area contributed by atoms with Gasteiger partial charge in [-0.1, -0.05) is 0 Å². The number of anilines is 1. The molecule has 0 saturated carbocycles. The number of carbonyl (C=O) groups is 2. The first kappa shape index (κ1) is 14.3. The zero-order valence-corrected chi connectivity index (χ0v) is 12.3. The Labute approximate surface area is 120 Å². The van der Waals surface area contributed by atoms with Crippen LogP contribution < -0.4 is 5.32 Å². The summed E-state index contributed by atoms with van der Waals surface area (Å²) in [5.74, 6) is -0.616. The van der Waals surface area contributed by atoms with E-state index in [0.717, 1.165) is 10.4 Å². The normalized spacial score (nSPS) is 10.3. The Morgan fingerprint density at radius 1 is 1.40 bits per heavy atom. The maximum absolute atomic E-state index is 12.0. The van der Waals surface area contributed by atoms with Crippen molar-refractivity contribution in [3.8, 4) is 0 Å². The topological polar surface area (TPSA) is 68.5 Å². The fourth-order valence-corrected chi connectivity index (χ4v) is 2.78. The van der Waals surface area contributed by atoms with Crippen molar-refractivity contribution in [3.05, 3.63) is 40.2 Å². The second-order valence-electron chi connectivity index (χ2n) is 4.14. The average molecular weight is 293 g/mol. The largest absolute Gasteiger partial charge is 0.462 e. The molecule has 0 unspecified atom stereocenters. The van der Waals surface area contributed by atoms with Crippen molar-refractivity contribution in [1.82, 2.24) is 0 Å². The van der Waals surface area contributed by atoms with E-state index in [-0.39, 0.29) is 11.7 Å². The molecule has 0 aromatic carbocycles. The summed E-state index contributed by atoms with van der Waals surface area (Å²) in [4.78, 5) is 24.9. The number of carbonyl (C=O) groups excluding carboxylic acids is 2. The Bertz CT molecular complexity index is 628. The maximum Gasteiger partial charge on any atom is 0.341 e. The summed E-state index contributed by atoms with van der Waals surface area (Å²) < 4.78 is 10.1. The summed E-state index contributed by atoms with van der Waals surface area (Å²) in [6.45, 7) is 5.76. The van der Waals surface area contributed by atoms with Crippen LogP contribution in [-0.2, 0) is 4.74 Å². The fraction of sp³-hybridized carbons (Fsp3) is 0.286. The third-order valence-electron chi connectivity index (χ3n) is 2.84. The number of hydrogen-bond donors (Lipinski definition) is 1. The Balaban J connectivity index is 2.30. The summed E-state index contributed by atoms with van der Waals surface area (Å²) in [6.07, 6.45) is 1.42. The molecule has 2 rings (SSSR count). The van der Waals surface area contributed by atoms with Gasteiger partial charge in [0.2, 0.25) is 0 Å². The minimum atomic E-state index is -0.427. The van der Waals surface area contributed by atoms with Gasteiger partial charge in [0, 0.05) is 4.88 Å². The van der Waals surface area contributed by atoms with E-state index in [9.17, 15) is 9.59 Å². The van der Waals surface area contributed by atoms with Gasteiger partial charge < -0.3 is 14.5 Å². The molecular weight excluding hydrogens is 278 g/mol. The van der Waals surface area contributed by atoms with Crippen molar-refractivity contribution in [2.75, 3.05) is 11.9 Å². The summed E-state index contributed by atoms with van der Waals surface area (Å²) >= 11 is 1.35. The van der Waals surface area contributed by atoms with E-state index in [1.165, 1.54) is 17.6 Å². The molecule has 0 aliphatic rings. The SMILES string of the molecule is CCOC(=O)c1c(NC(=O)c2ccco2)sc(C)c1C. The molecule has 0 aliphatic carbocycles. The van der Waals surface area contributed by atoms with Crippen LogP contribution in [0.2, 0.25) is 0 Å². The zero-order valence-electron chi connectivity index (χ0n) is 11.5. The van der Waals surface area contributed by atoms with Gasteiger partial charge in [0.15, 0.2) is 5.76 Å². The molecule has 106 valence electrons. The van der Waals surface area contributed by atoms with Crippen molar-refractivity contribution < 1.29 is 18.7 Å². The molecule has 2 aromatic heterocycles. The number of nitrogens with one attached hydrogen (secondary N) is 1. The van der Waals surface area contributed by atoms with Crippen LogP contribution in [0.3, 0.4) is 0 Å². The van der Waals surface area contributed by atoms with Gasteiger partial charge in [-0.15, -0.1) is 11.3 Å². The van der Waals surface area contributed by atoms with Gasteiger partial charge in [0.25, 0.3) is 5.91 Å². The smallest absolute Gasteiger partial charge is 0.341 e. The van der Waals surface area contributed by atoms with Gasteiger partial charge in [0.1, 0.15) is 5.00 Å². The molecule has 0 aliphatic heterocycles. The van der Waals surface area contributed by atoms with Crippen LogP contribution in [0, 0.1) is 13.8 Å². The minimum absolute atomic E-state index is 0.198. The van der Waals surface area contributed by atoms with E-state index in [2.05, 4.69) is 5.32 Å². The highest BCUT2D eigenvalue weighted by molar-refractivity contribution is 7.16. The van der Waals surface area contributed by atoms with Crippen molar-refractivity contribution in [2.45, 2.75) is 20.8 Å². The second kappa shape index (κ2) is 5.92. The lowest BCUT2D eigenvalue weighted by molar-refractivity contribution is 0.0527. The summed E-state index contributed by atoms with van der Waals surface area (Å²) in [7, 11) is 0. The first-order valence-corrected chi connectivity index (χ1v) is 6.98. The standard InChI is InChI=1S/C14H15NO4S/c1-4-18-14(17)11-8(2)9(3)20-13(11)15-12(16)10-6-5-7-19-10/h5-7H,4H2,1-3H3,(H,15,16). The van der Waals surface area contributed by atoms with Crippen LogP contribution in [0.1, 0.15) is 38.3 Å². The number of esters is 1. The molecular formula is C14H15NO4S. The number of thiophene rings is 1. The number of furan rings is 1. The Kier molecular flexibility index (Phi) is 4.24. The monoisotopic (exact) mass is 293 g/mol. The number of aryl methyl sites for hydroxylation is 1. The first-order valence-electron chi connectivity index (χ1n) is 6.16. The van der Waals surface area contributed by atoms with E-state index >= 15 is 0 Å². The average Bonchev–Trinajstić information content (AvgIpc) is 3.00. The van der Waals surface area contributed by atoms with Gasteiger partial charge in [-0.25, -0.2) is 4.79 Å². The molecule has 0 saturated heterocycles.